The summed E-state index contributed by atoms with van der Waals surface area (Å²) in [6, 6.07) is 3.73. The third kappa shape index (κ3) is 3.50. The molecule has 3 nitrogen and oxygen atoms in total. The zero-order valence-electron chi connectivity index (χ0n) is 8.48. The second-order valence-corrected chi connectivity index (χ2v) is 5.46. The van der Waals surface area contributed by atoms with Gasteiger partial charge in [0.15, 0.2) is 0 Å². The summed E-state index contributed by atoms with van der Waals surface area (Å²) in [6.45, 7) is 3.60. The van der Waals surface area contributed by atoms with Crippen molar-refractivity contribution in [2.75, 3.05) is 0 Å². The fourth-order valence-corrected chi connectivity index (χ4v) is 2.45. The fourth-order valence-electron chi connectivity index (χ4n) is 0.937. The average Bonchev–Trinajstić information content (AvgIpc) is 2.20. The Balaban J connectivity index is 2.70. The van der Waals surface area contributed by atoms with Crippen molar-refractivity contribution in [2.24, 2.45) is 5.92 Å². The maximum atomic E-state index is 10.8. The van der Waals surface area contributed by atoms with E-state index in [9.17, 15) is 4.79 Å². The van der Waals surface area contributed by atoms with Crippen LogP contribution >= 0.6 is 27.7 Å². The summed E-state index contributed by atoms with van der Waals surface area (Å²) in [5, 5.41) is 9.68. The lowest BCUT2D eigenvalue weighted by atomic mass is 10.1. The summed E-state index contributed by atoms with van der Waals surface area (Å²) in [5.41, 5.74) is 0. The molecule has 1 N–H and O–H groups in total. The summed E-state index contributed by atoms with van der Waals surface area (Å²) in [6.07, 6.45) is 1.70. The molecule has 0 spiro atoms. The van der Waals surface area contributed by atoms with Crippen LogP contribution in [0.4, 0.5) is 0 Å². The van der Waals surface area contributed by atoms with Crippen molar-refractivity contribution < 1.29 is 9.90 Å². The maximum Gasteiger partial charge on any atom is 0.307 e. The number of aliphatic carboxylic acids is 1. The fraction of sp³-hybridized carbons (Fsp3) is 0.400. The van der Waals surface area contributed by atoms with Gasteiger partial charge in [0.1, 0.15) is 5.03 Å². The molecule has 5 heteroatoms. The zero-order valence-corrected chi connectivity index (χ0v) is 10.9. The minimum Gasteiger partial charge on any atom is -0.481 e. The van der Waals surface area contributed by atoms with Crippen LogP contribution in [0.2, 0.25) is 0 Å². The van der Waals surface area contributed by atoms with Gasteiger partial charge in [0, 0.05) is 15.9 Å². The van der Waals surface area contributed by atoms with Crippen molar-refractivity contribution in [3.63, 3.8) is 0 Å². The van der Waals surface area contributed by atoms with E-state index in [1.165, 1.54) is 11.8 Å². The van der Waals surface area contributed by atoms with Crippen LogP contribution in [0, 0.1) is 5.92 Å². The van der Waals surface area contributed by atoms with E-state index < -0.39 is 5.97 Å². The molecule has 2 unspecified atom stereocenters. The van der Waals surface area contributed by atoms with Gasteiger partial charge in [-0.15, -0.1) is 11.8 Å². The van der Waals surface area contributed by atoms with Crippen LogP contribution in [0.25, 0.3) is 0 Å². The molecule has 1 aromatic rings. The Morgan fingerprint density at radius 2 is 2.27 bits per heavy atom. The van der Waals surface area contributed by atoms with Crippen molar-refractivity contribution in [3.05, 3.63) is 22.8 Å². The Hall–Kier alpha value is -0.550. The van der Waals surface area contributed by atoms with Gasteiger partial charge >= 0.3 is 5.97 Å². The molecule has 15 heavy (non-hydrogen) atoms. The van der Waals surface area contributed by atoms with Crippen molar-refractivity contribution in [2.45, 2.75) is 24.1 Å². The molecule has 0 aromatic carbocycles. The van der Waals surface area contributed by atoms with Crippen LogP contribution in [0.1, 0.15) is 13.8 Å². The monoisotopic (exact) mass is 289 g/mol. The third-order valence-corrected chi connectivity index (χ3v) is 4.35. The molecular formula is C10H12BrNO2S. The van der Waals surface area contributed by atoms with E-state index in [1.807, 2.05) is 19.1 Å². The first-order valence-electron chi connectivity index (χ1n) is 4.52. The van der Waals surface area contributed by atoms with Gasteiger partial charge < -0.3 is 5.11 Å². The van der Waals surface area contributed by atoms with Crippen molar-refractivity contribution in [1.29, 1.82) is 0 Å². The molecule has 0 aliphatic carbocycles. The predicted octanol–water partition coefficient (Wildman–Crippen LogP) is 3.05. The third-order valence-electron chi connectivity index (χ3n) is 2.12. The average molecular weight is 290 g/mol. The highest BCUT2D eigenvalue weighted by Gasteiger charge is 2.21. The second-order valence-electron chi connectivity index (χ2n) is 3.24. The van der Waals surface area contributed by atoms with Crippen molar-refractivity contribution >= 4 is 33.7 Å². The summed E-state index contributed by atoms with van der Waals surface area (Å²) in [5.74, 6) is -1.16. The van der Waals surface area contributed by atoms with Crippen LogP contribution in [-0.4, -0.2) is 21.3 Å². The van der Waals surface area contributed by atoms with Gasteiger partial charge in [-0.2, -0.15) is 0 Å². The first-order valence-corrected chi connectivity index (χ1v) is 6.19. The number of pyridine rings is 1. The molecular weight excluding hydrogens is 278 g/mol. The molecule has 0 aliphatic rings. The lowest BCUT2D eigenvalue weighted by Crippen LogP contribution is -2.20. The number of carbonyl (C=O) groups is 1. The molecule has 0 radical (unpaired) electrons. The zero-order chi connectivity index (χ0) is 11.4. The van der Waals surface area contributed by atoms with Gasteiger partial charge in [-0.3, -0.25) is 4.79 Å². The van der Waals surface area contributed by atoms with Crippen LogP contribution in [-0.2, 0) is 4.79 Å². The predicted molar refractivity (Wildman–Crippen MR) is 64.1 cm³/mol. The molecule has 0 amide bonds. The minimum absolute atomic E-state index is 0.00583. The number of rotatable bonds is 4. The van der Waals surface area contributed by atoms with Gasteiger partial charge in [0.05, 0.1) is 5.92 Å². The summed E-state index contributed by atoms with van der Waals surface area (Å²) >= 11 is 4.85. The lowest BCUT2D eigenvalue weighted by molar-refractivity contribution is -0.140. The van der Waals surface area contributed by atoms with E-state index in [0.717, 1.165) is 9.50 Å². The van der Waals surface area contributed by atoms with E-state index in [0.29, 0.717) is 0 Å². The molecule has 0 saturated heterocycles. The maximum absolute atomic E-state index is 10.8. The topological polar surface area (TPSA) is 50.2 Å². The number of aromatic nitrogens is 1. The van der Waals surface area contributed by atoms with Gasteiger partial charge in [0.25, 0.3) is 0 Å². The van der Waals surface area contributed by atoms with Gasteiger partial charge in [-0.05, 0) is 28.1 Å². The molecule has 1 rings (SSSR count). The quantitative estimate of drug-likeness (QED) is 0.866. The number of thioether (sulfide) groups is 1. The Labute approximate surface area is 101 Å². The normalized spacial score (nSPS) is 14.6. The molecule has 1 heterocycles. The van der Waals surface area contributed by atoms with Crippen molar-refractivity contribution in [3.8, 4) is 0 Å². The molecule has 0 saturated carbocycles. The Bertz CT molecular complexity index is 359. The van der Waals surface area contributed by atoms with Crippen LogP contribution in [0.5, 0.6) is 0 Å². The van der Waals surface area contributed by atoms with Crippen LogP contribution < -0.4 is 0 Å². The Kier molecular flexibility index (Phi) is 4.60. The first-order chi connectivity index (χ1) is 7.02. The molecule has 0 fully saturated rings. The summed E-state index contributed by atoms with van der Waals surface area (Å²) < 4.78 is 0.902. The molecule has 0 aliphatic heterocycles. The second kappa shape index (κ2) is 5.51. The number of carboxylic acid groups (broad SMARTS) is 1. The highest BCUT2D eigenvalue weighted by atomic mass is 79.9. The Morgan fingerprint density at radius 1 is 1.60 bits per heavy atom. The first kappa shape index (κ1) is 12.5. The number of carboxylic acids is 1. The lowest BCUT2D eigenvalue weighted by Gasteiger charge is -2.15. The largest absolute Gasteiger partial charge is 0.481 e. The smallest absolute Gasteiger partial charge is 0.307 e. The highest BCUT2D eigenvalue weighted by Crippen LogP contribution is 2.31. The highest BCUT2D eigenvalue weighted by molar-refractivity contribution is 9.10. The van der Waals surface area contributed by atoms with E-state index in [-0.39, 0.29) is 11.2 Å². The van der Waals surface area contributed by atoms with E-state index in [2.05, 4.69) is 20.9 Å². The minimum atomic E-state index is -0.776. The van der Waals surface area contributed by atoms with E-state index >= 15 is 0 Å². The Morgan fingerprint density at radius 3 is 2.80 bits per heavy atom. The number of hydrogen-bond acceptors (Lipinski definition) is 3. The van der Waals surface area contributed by atoms with Gasteiger partial charge in [-0.25, -0.2) is 4.98 Å². The van der Waals surface area contributed by atoms with Crippen molar-refractivity contribution in [1.82, 2.24) is 4.98 Å². The standard InChI is InChI=1S/C10H12BrNO2S/c1-6(10(13)14)7(2)15-9-8(11)4-3-5-12-9/h3-7H,1-2H3,(H,13,14). The molecule has 82 valence electrons. The molecule has 2 atom stereocenters. The van der Waals surface area contributed by atoms with Crippen LogP contribution in [0.15, 0.2) is 27.8 Å². The molecule has 0 bridgehead atoms. The van der Waals surface area contributed by atoms with Crippen LogP contribution in [0.3, 0.4) is 0 Å². The number of nitrogens with zero attached hydrogens (tertiary/aromatic N) is 1. The van der Waals surface area contributed by atoms with E-state index in [1.54, 1.807) is 13.1 Å². The SMILES string of the molecule is CC(Sc1ncccc1Br)C(C)C(=O)O. The van der Waals surface area contributed by atoms with Gasteiger partial charge in [0.2, 0.25) is 0 Å². The summed E-state index contributed by atoms with van der Waals surface area (Å²) in [7, 11) is 0. The number of halogens is 1. The molecule has 1 aromatic heterocycles. The van der Waals surface area contributed by atoms with E-state index in [4.69, 9.17) is 5.11 Å². The van der Waals surface area contributed by atoms with Gasteiger partial charge in [-0.1, -0.05) is 13.8 Å². The summed E-state index contributed by atoms with van der Waals surface area (Å²) in [4.78, 5) is 15.0. The number of hydrogen-bond donors (Lipinski definition) is 1.